The van der Waals surface area contributed by atoms with E-state index < -0.39 is 38.4 Å². The van der Waals surface area contributed by atoms with E-state index in [1.54, 1.807) is 0 Å². The van der Waals surface area contributed by atoms with Crippen molar-refractivity contribution < 1.29 is 27.1 Å². The van der Waals surface area contributed by atoms with Gasteiger partial charge in [0, 0.05) is 24.1 Å². The molecule has 0 spiro atoms. The third-order valence-corrected chi connectivity index (χ3v) is 4.05. The van der Waals surface area contributed by atoms with Crippen molar-refractivity contribution in [3.63, 3.8) is 0 Å². The van der Waals surface area contributed by atoms with Crippen molar-refractivity contribution in [1.29, 1.82) is 0 Å². The zero-order valence-corrected chi connectivity index (χ0v) is 13.8. The molecule has 9 nitrogen and oxygen atoms in total. The summed E-state index contributed by atoms with van der Waals surface area (Å²) in [6.45, 7) is 2.81. The number of carbonyl (C=O) groups is 1. The second kappa shape index (κ2) is 7.20. The fourth-order valence-corrected chi connectivity index (χ4v) is 3.28. The van der Waals surface area contributed by atoms with Gasteiger partial charge in [0.15, 0.2) is 0 Å². The topological polar surface area (TPSA) is 153 Å². The lowest BCUT2D eigenvalue weighted by molar-refractivity contribution is -0.385. The van der Waals surface area contributed by atoms with E-state index >= 15 is 0 Å². The molecule has 0 fully saturated rings. The number of rotatable bonds is 8. The van der Waals surface area contributed by atoms with E-state index in [4.69, 9.17) is 10.3 Å². The molecule has 0 bridgehead atoms. The predicted octanol–water partition coefficient (Wildman–Crippen LogP) is 1.25. The van der Waals surface area contributed by atoms with Crippen molar-refractivity contribution in [1.82, 2.24) is 4.72 Å². The third-order valence-electron chi connectivity index (χ3n) is 3.24. The highest BCUT2D eigenvalue weighted by molar-refractivity contribution is 7.83. The largest absolute Gasteiger partial charge is 0.370 e. The summed E-state index contributed by atoms with van der Waals surface area (Å²) in [7, 11) is -4.54. The second-order valence-electron chi connectivity index (χ2n) is 6.00. The van der Waals surface area contributed by atoms with Gasteiger partial charge < -0.3 is 5.73 Å². The Morgan fingerprint density at radius 1 is 1.50 bits per heavy atom. The molecule has 0 aliphatic heterocycles. The molecule has 0 radical (unpaired) electrons. The molecule has 1 amide bonds. The van der Waals surface area contributed by atoms with Crippen LogP contribution in [0.5, 0.6) is 0 Å². The van der Waals surface area contributed by atoms with Crippen LogP contribution < -0.4 is 10.5 Å². The van der Waals surface area contributed by atoms with Crippen molar-refractivity contribution in [2.24, 2.45) is 5.73 Å². The number of primary amides is 1. The molecule has 0 aliphatic carbocycles. The SMILES string of the molecule is CC(C)(CC(CC(N)=O)c1cc([N+](=O)[O-])ccc1F)NS(=O)(=O)O. The summed E-state index contributed by atoms with van der Waals surface area (Å²) in [5.74, 6) is -2.49. The molecule has 24 heavy (non-hydrogen) atoms. The molecule has 1 aromatic rings. The Labute approximate surface area is 138 Å². The molecule has 1 unspecified atom stereocenters. The Morgan fingerprint density at radius 3 is 2.54 bits per heavy atom. The normalized spacial score (nSPS) is 13.5. The number of amides is 1. The molecule has 1 aromatic carbocycles. The van der Waals surface area contributed by atoms with Crippen LogP contribution >= 0.6 is 0 Å². The molecule has 0 heterocycles. The first-order chi connectivity index (χ1) is 10.8. The number of nitro benzene ring substituents is 1. The maximum atomic E-state index is 14.1. The van der Waals surface area contributed by atoms with Gasteiger partial charge in [-0.3, -0.25) is 19.5 Å². The van der Waals surface area contributed by atoms with E-state index in [1.807, 2.05) is 4.72 Å². The smallest absolute Gasteiger partial charge is 0.333 e. The number of non-ortho nitro benzene ring substituents is 1. The van der Waals surface area contributed by atoms with Gasteiger partial charge in [-0.05, 0) is 37.8 Å². The van der Waals surface area contributed by atoms with Crippen LogP contribution in [0.3, 0.4) is 0 Å². The summed E-state index contributed by atoms with van der Waals surface area (Å²) >= 11 is 0. The average molecular weight is 363 g/mol. The van der Waals surface area contributed by atoms with Gasteiger partial charge >= 0.3 is 10.3 Å². The molecule has 0 aromatic heterocycles. The lowest BCUT2D eigenvalue weighted by Crippen LogP contribution is -2.44. The van der Waals surface area contributed by atoms with Gasteiger partial charge in [-0.15, -0.1) is 0 Å². The van der Waals surface area contributed by atoms with Crippen LogP contribution in [0.25, 0.3) is 0 Å². The number of benzene rings is 1. The molecule has 0 aliphatic rings. The summed E-state index contributed by atoms with van der Waals surface area (Å²) in [5, 5.41) is 10.8. The Bertz CT molecular complexity index is 750. The van der Waals surface area contributed by atoms with Gasteiger partial charge in [-0.1, -0.05) is 0 Å². The van der Waals surface area contributed by atoms with Crippen LogP contribution in [-0.4, -0.2) is 29.3 Å². The van der Waals surface area contributed by atoms with E-state index in [2.05, 4.69) is 0 Å². The van der Waals surface area contributed by atoms with Crippen LogP contribution in [0.15, 0.2) is 18.2 Å². The van der Waals surface area contributed by atoms with Crippen molar-refractivity contribution in [2.45, 2.75) is 38.1 Å². The zero-order chi connectivity index (χ0) is 18.7. The quantitative estimate of drug-likeness (QED) is 0.359. The van der Waals surface area contributed by atoms with E-state index in [0.29, 0.717) is 0 Å². The van der Waals surface area contributed by atoms with Gasteiger partial charge in [0.1, 0.15) is 5.82 Å². The van der Waals surface area contributed by atoms with Crippen molar-refractivity contribution in [3.8, 4) is 0 Å². The van der Waals surface area contributed by atoms with Crippen LogP contribution in [0, 0.1) is 15.9 Å². The standard InChI is InChI=1S/C13H18FN3O6S/c1-13(2,16-24(21,22)23)7-8(5-12(15)18)10-6-9(17(19)20)3-4-11(10)14/h3-4,6,8,16H,5,7H2,1-2H3,(H2,15,18)(H,21,22,23). The van der Waals surface area contributed by atoms with Gasteiger partial charge in [0.2, 0.25) is 5.91 Å². The number of hydrogen-bond donors (Lipinski definition) is 3. The molecular weight excluding hydrogens is 345 g/mol. The zero-order valence-electron chi connectivity index (χ0n) is 13.0. The highest BCUT2D eigenvalue weighted by atomic mass is 32.2. The first-order valence-corrected chi connectivity index (χ1v) is 8.23. The van der Waals surface area contributed by atoms with E-state index in [0.717, 1.165) is 18.2 Å². The fourth-order valence-electron chi connectivity index (χ4n) is 2.50. The number of nitrogens with one attached hydrogen (secondary N) is 1. The minimum absolute atomic E-state index is 0.131. The third kappa shape index (κ3) is 6.18. The summed E-state index contributed by atoms with van der Waals surface area (Å²) in [4.78, 5) is 21.4. The lowest BCUT2D eigenvalue weighted by Gasteiger charge is -2.29. The lowest BCUT2D eigenvalue weighted by atomic mass is 9.84. The van der Waals surface area contributed by atoms with Gasteiger partial charge in [-0.2, -0.15) is 13.1 Å². The average Bonchev–Trinajstić information content (AvgIpc) is 2.34. The van der Waals surface area contributed by atoms with Crippen LogP contribution in [0.1, 0.15) is 38.2 Å². The fraction of sp³-hybridized carbons (Fsp3) is 0.462. The first kappa shape index (κ1) is 19.9. The Hall–Kier alpha value is -2.11. The first-order valence-electron chi connectivity index (χ1n) is 6.79. The molecule has 0 saturated carbocycles. The highest BCUT2D eigenvalue weighted by Gasteiger charge is 2.31. The van der Waals surface area contributed by atoms with Crippen molar-refractivity contribution in [2.75, 3.05) is 0 Å². The molecule has 4 N–H and O–H groups in total. The molecule has 1 atom stereocenters. The number of hydrogen-bond acceptors (Lipinski definition) is 5. The van der Waals surface area contributed by atoms with Crippen LogP contribution in [-0.2, 0) is 15.1 Å². The van der Waals surface area contributed by atoms with Crippen molar-refractivity contribution >= 4 is 21.9 Å². The molecule has 1 rings (SSSR count). The number of carbonyl (C=O) groups excluding carboxylic acids is 1. The number of nitrogens with two attached hydrogens (primary N) is 1. The van der Waals surface area contributed by atoms with Crippen LogP contribution in [0.4, 0.5) is 10.1 Å². The minimum atomic E-state index is -4.54. The maximum Gasteiger partial charge on any atom is 0.333 e. The van der Waals surface area contributed by atoms with Gasteiger partial charge in [0.25, 0.3) is 5.69 Å². The number of nitrogens with zero attached hydrogens (tertiary/aromatic N) is 1. The van der Waals surface area contributed by atoms with E-state index in [9.17, 15) is 27.7 Å². The molecule has 11 heteroatoms. The molecular formula is C13H18FN3O6S. The predicted molar refractivity (Wildman–Crippen MR) is 83.0 cm³/mol. The Balaban J connectivity index is 3.25. The maximum absolute atomic E-state index is 14.1. The summed E-state index contributed by atoms with van der Waals surface area (Å²) in [6, 6.07) is 2.85. The summed E-state index contributed by atoms with van der Waals surface area (Å²) in [6.07, 6.45) is -0.484. The highest BCUT2D eigenvalue weighted by Crippen LogP contribution is 2.33. The minimum Gasteiger partial charge on any atom is -0.370 e. The molecule has 134 valence electrons. The summed E-state index contributed by atoms with van der Waals surface area (Å²) in [5.41, 5.74) is 3.38. The second-order valence-corrected chi connectivity index (χ2v) is 7.15. The van der Waals surface area contributed by atoms with Gasteiger partial charge in [0.05, 0.1) is 4.92 Å². The van der Waals surface area contributed by atoms with Crippen molar-refractivity contribution in [3.05, 3.63) is 39.7 Å². The Kier molecular flexibility index (Phi) is 5.98. The summed E-state index contributed by atoms with van der Waals surface area (Å²) < 4.78 is 46.9. The Morgan fingerprint density at radius 2 is 2.08 bits per heavy atom. The monoisotopic (exact) mass is 363 g/mol. The van der Waals surface area contributed by atoms with E-state index in [1.165, 1.54) is 13.8 Å². The number of halogens is 1. The number of nitro groups is 1. The van der Waals surface area contributed by atoms with Crippen LogP contribution in [0.2, 0.25) is 0 Å². The van der Waals surface area contributed by atoms with E-state index in [-0.39, 0.29) is 24.1 Å². The molecule has 0 saturated heterocycles. The van der Waals surface area contributed by atoms with Gasteiger partial charge in [-0.25, -0.2) is 4.39 Å².